The summed E-state index contributed by atoms with van der Waals surface area (Å²) in [6, 6.07) is 3.71. The summed E-state index contributed by atoms with van der Waals surface area (Å²) in [4.78, 5) is 13.4. The molecule has 1 heterocycles. The van der Waals surface area contributed by atoms with E-state index >= 15 is 0 Å². The molecule has 0 spiro atoms. The molecule has 6 heteroatoms. The summed E-state index contributed by atoms with van der Waals surface area (Å²) in [5.41, 5.74) is 1.90. The first-order chi connectivity index (χ1) is 9.63. The quantitative estimate of drug-likeness (QED) is 0.780. The van der Waals surface area contributed by atoms with E-state index in [0.717, 1.165) is 23.4 Å². The molecule has 0 atom stereocenters. The molecule has 0 aliphatic carbocycles. The Kier molecular flexibility index (Phi) is 5.23. The van der Waals surface area contributed by atoms with E-state index in [1.165, 1.54) is 7.11 Å². The molecule has 5 nitrogen and oxygen atoms in total. The van der Waals surface area contributed by atoms with Crippen molar-refractivity contribution in [1.82, 2.24) is 4.90 Å². The molecule has 0 amide bonds. The van der Waals surface area contributed by atoms with E-state index in [1.54, 1.807) is 0 Å². The molecule has 110 valence electrons. The van der Waals surface area contributed by atoms with E-state index in [1.807, 2.05) is 24.0 Å². The number of ether oxygens (including phenoxy) is 3. The van der Waals surface area contributed by atoms with Gasteiger partial charge in [-0.3, -0.25) is 9.69 Å². The lowest BCUT2D eigenvalue weighted by molar-refractivity contribution is -0.142. The number of likely N-dealkylation sites (N-methyl/N-ethyl adjacent to an activating group) is 1. The Bertz CT molecular complexity index is 492. The zero-order valence-corrected chi connectivity index (χ0v) is 12.4. The minimum Gasteiger partial charge on any atom is -0.468 e. The van der Waals surface area contributed by atoms with Gasteiger partial charge in [0.05, 0.1) is 20.3 Å². The van der Waals surface area contributed by atoms with Gasteiger partial charge in [0.2, 0.25) is 0 Å². The number of benzene rings is 1. The molecule has 0 saturated carbocycles. The maximum atomic E-state index is 11.4. The summed E-state index contributed by atoms with van der Waals surface area (Å²) in [5, 5.41) is 0.641. The van der Waals surface area contributed by atoms with Crippen LogP contribution in [0.2, 0.25) is 5.02 Å². The van der Waals surface area contributed by atoms with E-state index in [4.69, 9.17) is 25.8 Å². The van der Waals surface area contributed by atoms with Crippen LogP contribution in [0.3, 0.4) is 0 Å². The fourth-order valence-electron chi connectivity index (χ4n) is 2.14. The van der Waals surface area contributed by atoms with Gasteiger partial charge in [0.15, 0.2) is 6.79 Å². The minimum absolute atomic E-state index is 0.241. The Morgan fingerprint density at radius 2 is 2.30 bits per heavy atom. The van der Waals surface area contributed by atoms with Crippen molar-refractivity contribution in [3.8, 4) is 5.75 Å². The number of halogens is 1. The molecule has 0 bridgehead atoms. The number of hydrogen-bond donors (Lipinski definition) is 0. The maximum Gasteiger partial charge on any atom is 0.319 e. The minimum atomic E-state index is -0.257. The van der Waals surface area contributed by atoms with Crippen molar-refractivity contribution in [2.75, 3.05) is 27.0 Å². The molecular formula is C14H18ClNO4. The van der Waals surface area contributed by atoms with Crippen LogP contribution in [-0.4, -0.2) is 37.9 Å². The van der Waals surface area contributed by atoms with Gasteiger partial charge >= 0.3 is 5.97 Å². The van der Waals surface area contributed by atoms with Crippen molar-refractivity contribution >= 4 is 17.6 Å². The summed E-state index contributed by atoms with van der Waals surface area (Å²) >= 11 is 6.12. The number of fused-ring (bicyclic) bond motifs is 1. The van der Waals surface area contributed by atoms with Crippen molar-refractivity contribution in [3.63, 3.8) is 0 Å². The summed E-state index contributed by atoms with van der Waals surface area (Å²) in [5.74, 6) is 0.552. The third-order valence-corrected chi connectivity index (χ3v) is 3.39. The van der Waals surface area contributed by atoms with Gasteiger partial charge in [-0.25, -0.2) is 0 Å². The maximum absolute atomic E-state index is 11.4. The number of hydrogen-bond acceptors (Lipinski definition) is 5. The summed E-state index contributed by atoms with van der Waals surface area (Å²) in [6.07, 6.45) is 0. The van der Waals surface area contributed by atoms with Gasteiger partial charge in [0, 0.05) is 22.7 Å². The summed E-state index contributed by atoms with van der Waals surface area (Å²) < 4.78 is 15.5. The van der Waals surface area contributed by atoms with Crippen LogP contribution >= 0.6 is 11.6 Å². The third kappa shape index (κ3) is 3.62. The van der Waals surface area contributed by atoms with Gasteiger partial charge in [-0.1, -0.05) is 18.5 Å². The summed E-state index contributed by atoms with van der Waals surface area (Å²) in [6.45, 7) is 4.27. The first-order valence-electron chi connectivity index (χ1n) is 6.45. The third-order valence-electron chi connectivity index (χ3n) is 3.17. The topological polar surface area (TPSA) is 48.0 Å². The predicted octanol–water partition coefficient (Wildman–Crippen LogP) is 2.20. The van der Waals surface area contributed by atoms with Gasteiger partial charge in [-0.05, 0) is 18.7 Å². The van der Waals surface area contributed by atoms with Gasteiger partial charge in [-0.2, -0.15) is 0 Å². The molecule has 2 rings (SSSR count). The smallest absolute Gasteiger partial charge is 0.319 e. The second kappa shape index (κ2) is 6.92. The number of rotatable bonds is 5. The molecule has 0 N–H and O–H groups in total. The summed E-state index contributed by atoms with van der Waals surface area (Å²) in [7, 11) is 1.39. The largest absolute Gasteiger partial charge is 0.468 e. The van der Waals surface area contributed by atoms with E-state index in [0.29, 0.717) is 18.2 Å². The lowest BCUT2D eigenvalue weighted by Gasteiger charge is -2.24. The predicted molar refractivity (Wildman–Crippen MR) is 74.7 cm³/mol. The monoisotopic (exact) mass is 299 g/mol. The van der Waals surface area contributed by atoms with Crippen molar-refractivity contribution in [3.05, 3.63) is 28.3 Å². The van der Waals surface area contributed by atoms with E-state index in [9.17, 15) is 4.79 Å². The van der Waals surface area contributed by atoms with Gasteiger partial charge in [-0.15, -0.1) is 0 Å². The lowest BCUT2D eigenvalue weighted by atomic mass is 10.1. The molecule has 0 radical (unpaired) electrons. The number of carbonyl (C=O) groups excluding carboxylic acids is 1. The Balaban J connectivity index is 2.19. The molecule has 20 heavy (non-hydrogen) atoms. The molecule has 0 saturated heterocycles. The highest BCUT2D eigenvalue weighted by atomic mass is 35.5. The zero-order chi connectivity index (χ0) is 14.5. The fourth-order valence-corrected chi connectivity index (χ4v) is 2.41. The first-order valence-corrected chi connectivity index (χ1v) is 6.82. The van der Waals surface area contributed by atoms with Crippen LogP contribution in [0, 0.1) is 0 Å². The Labute approximate surface area is 123 Å². The second-order valence-corrected chi connectivity index (χ2v) is 4.98. The molecule has 1 aromatic rings. The average molecular weight is 300 g/mol. The highest BCUT2D eigenvalue weighted by Gasteiger charge is 2.19. The van der Waals surface area contributed by atoms with E-state index < -0.39 is 0 Å². The van der Waals surface area contributed by atoms with Crippen molar-refractivity contribution in [2.24, 2.45) is 0 Å². The van der Waals surface area contributed by atoms with E-state index in [-0.39, 0.29) is 19.3 Å². The normalized spacial score (nSPS) is 13.8. The zero-order valence-electron chi connectivity index (χ0n) is 11.6. The molecule has 1 aliphatic heterocycles. The van der Waals surface area contributed by atoms with Crippen LogP contribution in [0.25, 0.3) is 0 Å². The van der Waals surface area contributed by atoms with Crippen LogP contribution in [-0.2, 0) is 27.4 Å². The van der Waals surface area contributed by atoms with Crippen molar-refractivity contribution in [1.29, 1.82) is 0 Å². The van der Waals surface area contributed by atoms with Crippen LogP contribution < -0.4 is 4.74 Å². The molecule has 1 aliphatic rings. The molecule has 0 unspecified atom stereocenters. The number of esters is 1. The molecule has 0 fully saturated rings. The van der Waals surface area contributed by atoms with Crippen LogP contribution in [0.1, 0.15) is 18.1 Å². The molecular weight excluding hydrogens is 282 g/mol. The Hall–Kier alpha value is -1.30. The number of carbonyl (C=O) groups is 1. The first kappa shape index (κ1) is 15.1. The Morgan fingerprint density at radius 1 is 1.50 bits per heavy atom. The fraction of sp³-hybridized carbons (Fsp3) is 0.500. The second-order valence-electron chi connectivity index (χ2n) is 4.54. The number of methoxy groups -OCH3 is 1. The highest BCUT2D eigenvalue weighted by molar-refractivity contribution is 6.30. The molecule has 0 aromatic heterocycles. The lowest BCUT2D eigenvalue weighted by Crippen LogP contribution is -2.30. The van der Waals surface area contributed by atoms with Crippen LogP contribution in [0.15, 0.2) is 12.1 Å². The average Bonchev–Trinajstić information content (AvgIpc) is 2.46. The van der Waals surface area contributed by atoms with Crippen molar-refractivity contribution in [2.45, 2.75) is 20.1 Å². The standard InChI is InChI=1S/C14H18ClNO4/c1-3-16(7-13(17)18-2)6-10-4-12(15)5-11-8-19-9-20-14(10)11/h4-5H,3,6-9H2,1-2H3. The van der Waals surface area contributed by atoms with E-state index in [2.05, 4.69) is 0 Å². The van der Waals surface area contributed by atoms with Crippen LogP contribution in [0.4, 0.5) is 0 Å². The molecule has 1 aromatic carbocycles. The van der Waals surface area contributed by atoms with Crippen molar-refractivity contribution < 1.29 is 19.0 Å². The Morgan fingerprint density at radius 3 is 3.00 bits per heavy atom. The SMILES string of the molecule is CCN(CC(=O)OC)Cc1cc(Cl)cc2c1OCOC2. The van der Waals surface area contributed by atoms with Gasteiger partial charge in [0.1, 0.15) is 5.75 Å². The van der Waals surface area contributed by atoms with Crippen LogP contribution in [0.5, 0.6) is 5.75 Å². The van der Waals surface area contributed by atoms with Gasteiger partial charge < -0.3 is 14.2 Å². The van der Waals surface area contributed by atoms with Gasteiger partial charge in [0.25, 0.3) is 0 Å². The number of nitrogens with zero attached hydrogens (tertiary/aromatic N) is 1. The highest BCUT2D eigenvalue weighted by Crippen LogP contribution is 2.32.